The van der Waals surface area contributed by atoms with E-state index in [9.17, 15) is 0 Å². The van der Waals surface area contributed by atoms with E-state index < -0.39 is 0 Å². The van der Waals surface area contributed by atoms with Crippen molar-refractivity contribution >= 4 is 33.8 Å². The zero-order valence-corrected chi connectivity index (χ0v) is 12.4. The zero-order chi connectivity index (χ0) is 14.2. The summed E-state index contributed by atoms with van der Waals surface area (Å²) in [5, 5.41) is 12.4. The van der Waals surface area contributed by atoms with Crippen LogP contribution in [-0.2, 0) is 11.4 Å². The standard InChI is InChI=1S/C15H10ClN3OS/c16-12-6-3-5-10(8-12)14-17-18-15(21-14)19-13-7-2-1-4-11(13)9-20-19/h1-8H,9H2. The molecule has 1 aliphatic heterocycles. The first-order valence-electron chi connectivity index (χ1n) is 6.42. The maximum atomic E-state index is 6.02. The number of nitrogens with zero attached hydrogens (tertiary/aromatic N) is 3. The second-order valence-electron chi connectivity index (χ2n) is 4.60. The van der Waals surface area contributed by atoms with Crippen molar-refractivity contribution in [1.29, 1.82) is 0 Å². The van der Waals surface area contributed by atoms with E-state index in [0.717, 1.165) is 27.0 Å². The van der Waals surface area contributed by atoms with Gasteiger partial charge in [0.15, 0.2) is 0 Å². The van der Waals surface area contributed by atoms with Crippen LogP contribution in [0.5, 0.6) is 0 Å². The Morgan fingerprint density at radius 1 is 1.10 bits per heavy atom. The van der Waals surface area contributed by atoms with E-state index in [1.165, 1.54) is 11.3 Å². The Kier molecular flexibility index (Phi) is 3.11. The van der Waals surface area contributed by atoms with Gasteiger partial charge in [-0.3, -0.25) is 4.84 Å². The molecular weight excluding hydrogens is 306 g/mol. The lowest BCUT2D eigenvalue weighted by atomic mass is 10.2. The molecule has 0 amide bonds. The number of halogens is 1. The highest BCUT2D eigenvalue weighted by atomic mass is 35.5. The Labute approximate surface area is 130 Å². The quantitative estimate of drug-likeness (QED) is 0.700. The van der Waals surface area contributed by atoms with Gasteiger partial charge in [0.2, 0.25) is 5.13 Å². The SMILES string of the molecule is Clc1cccc(-c2nnc(N3OCc4ccccc43)s2)c1. The highest BCUT2D eigenvalue weighted by Gasteiger charge is 2.24. The fraction of sp³-hybridized carbons (Fsp3) is 0.0667. The number of aromatic nitrogens is 2. The first-order valence-corrected chi connectivity index (χ1v) is 7.61. The second kappa shape index (κ2) is 5.11. The second-order valence-corrected chi connectivity index (χ2v) is 5.99. The highest BCUT2D eigenvalue weighted by Crippen LogP contribution is 2.38. The average molecular weight is 316 g/mol. The van der Waals surface area contributed by atoms with Crippen molar-refractivity contribution < 1.29 is 4.84 Å². The van der Waals surface area contributed by atoms with Gasteiger partial charge in [-0.25, -0.2) is 0 Å². The lowest BCUT2D eigenvalue weighted by Crippen LogP contribution is -2.10. The molecule has 0 spiro atoms. The summed E-state index contributed by atoms with van der Waals surface area (Å²) in [6.07, 6.45) is 0. The molecule has 104 valence electrons. The Morgan fingerprint density at radius 3 is 2.90 bits per heavy atom. The van der Waals surface area contributed by atoms with E-state index in [0.29, 0.717) is 11.6 Å². The minimum Gasteiger partial charge on any atom is -0.261 e. The maximum absolute atomic E-state index is 6.02. The maximum Gasteiger partial charge on any atom is 0.237 e. The van der Waals surface area contributed by atoms with Gasteiger partial charge in [-0.15, -0.1) is 10.2 Å². The van der Waals surface area contributed by atoms with Gasteiger partial charge in [0.05, 0.1) is 5.69 Å². The molecule has 0 N–H and O–H groups in total. The van der Waals surface area contributed by atoms with Crippen LogP contribution in [0.15, 0.2) is 48.5 Å². The minimum atomic E-state index is 0.558. The minimum absolute atomic E-state index is 0.558. The molecule has 3 aromatic rings. The number of rotatable bonds is 2. The van der Waals surface area contributed by atoms with E-state index in [1.807, 2.05) is 48.5 Å². The first kappa shape index (κ1) is 12.8. The van der Waals surface area contributed by atoms with Crippen LogP contribution < -0.4 is 5.06 Å². The monoisotopic (exact) mass is 315 g/mol. The third kappa shape index (κ3) is 2.29. The molecule has 0 fully saturated rings. The van der Waals surface area contributed by atoms with Crippen LogP contribution in [0.25, 0.3) is 10.6 Å². The topological polar surface area (TPSA) is 38.2 Å². The molecular formula is C15H10ClN3OS. The molecule has 1 aromatic heterocycles. The van der Waals surface area contributed by atoms with Crippen LogP contribution in [0.4, 0.5) is 10.8 Å². The van der Waals surface area contributed by atoms with Gasteiger partial charge < -0.3 is 0 Å². The van der Waals surface area contributed by atoms with Crippen LogP contribution in [0.1, 0.15) is 5.56 Å². The molecule has 0 unspecified atom stereocenters. The Hall–Kier alpha value is -1.95. The smallest absolute Gasteiger partial charge is 0.237 e. The molecule has 4 rings (SSSR count). The van der Waals surface area contributed by atoms with Gasteiger partial charge in [0.1, 0.15) is 11.6 Å². The predicted octanol–water partition coefficient (Wildman–Crippen LogP) is 4.44. The van der Waals surface area contributed by atoms with Crippen molar-refractivity contribution in [3.63, 3.8) is 0 Å². The van der Waals surface area contributed by atoms with Gasteiger partial charge >= 0.3 is 0 Å². The molecule has 2 heterocycles. The van der Waals surface area contributed by atoms with Gasteiger partial charge in [0, 0.05) is 16.1 Å². The van der Waals surface area contributed by atoms with Crippen LogP contribution in [-0.4, -0.2) is 10.2 Å². The zero-order valence-electron chi connectivity index (χ0n) is 10.9. The van der Waals surface area contributed by atoms with E-state index in [2.05, 4.69) is 10.2 Å². The summed E-state index contributed by atoms with van der Waals surface area (Å²) in [5.41, 5.74) is 3.13. The summed E-state index contributed by atoms with van der Waals surface area (Å²) in [7, 11) is 0. The molecule has 0 atom stereocenters. The van der Waals surface area contributed by atoms with Crippen molar-refractivity contribution in [2.24, 2.45) is 0 Å². The summed E-state index contributed by atoms with van der Waals surface area (Å²) < 4.78 is 0. The van der Waals surface area contributed by atoms with E-state index in [4.69, 9.17) is 16.4 Å². The largest absolute Gasteiger partial charge is 0.261 e. The summed E-state index contributed by atoms with van der Waals surface area (Å²) in [5.74, 6) is 0. The molecule has 6 heteroatoms. The third-order valence-corrected chi connectivity index (χ3v) is 4.40. The van der Waals surface area contributed by atoms with E-state index in [1.54, 1.807) is 5.06 Å². The van der Waals surface area contributed by atoms with Gasteiger partial charge in [-0.1, -0.05) is 53.3 Å². The van der Waals surface area contributed by atoms with Crippen molar-refractivity contribution in [2.45, 2.75) is 6.61 Å². The molecule has 0 bridgehead atoms. The molecule has 0 radical (unpaired) electrons. The van der Waals surface area contributed by atoms with Crippen molar-refractivity contribution in [3.8, 4) is 10.6 Å². The molecule has 4 nitrogen and oxygen atoms in total. The number of hydrogen-bond donors (Lipinski definition) is 0. The van der Waals surface area contributed by atoms with Crippen LogP contribution >= 0.6 is 22.9 Å². The van der Waals surface area contributed by atoms with Crippen molar-refractivity contribution in [1.82, 2.24) is 10.2 Å². The lowest BCUT2D eigenvalue weighted by Gasteiger charge is -2.12. The van der Waals surface area contributed by atoms with Crippen LogP contribution in [0.3, 0.4) is 0 Å². The molecule has 0 saturated carbocycles. The van der Waals surface area contributed by atoms with Gasteiger partial charge in [0.25, 0.3) is 0 Å². The third-order valence-electron chi connectivity index (χ3n) is 3.22. The van der Waals surface area contributed by atoms with Gasteiger partial charge in [-0.2, -0.15) is 5.06 Å². The number of fused-ring (bicyclic) bond motifs is 1. The predicted molar refractivity (Wildman–Crippen MR) is 83.7 cm³/mol. The molecule has 21 heavy (non-hydrogen) atoms. The fourth-order valence-corrected chi connectivity index (χ4v) is 3.23. The molecule has 1 aliphatic rings. The summed E-state index contributed by atoms with van der Waals surface area (Å²) in [4.78, 5) is 5.70. The first-order chi connectivity index (χ1) is 10.3. The summed E-state index contributed by atoms with van der Waals surface area (Å²) in [6.45, 7) is 0.558. The van der Waals surface area contributed by atoms with Crippen LogP contribution in [0.2, 0.25) is 5.02 Å². The average Bonchev–Trinajstić information content (AvgIpc) is 3.14. The Bertz CT molecular complexity index is 805. The van der Waals surface area contributed by atoms with Crippen LogP contribution in [0, 0.1) is 0 Å². The number of anilines is 2. The number of para-hydroxylation sites is 1. The molecule has 0 aliphatic carbocycles. The Morgan fingerprint density at radius 2 is 2.00 bits per heavy atom. The molecule has 0 saturated heterocycles. The fourth-order valence-electron chi connectivity index (χ4n) is 2.23. The highest BCUT2D eigenvalue weighted by molar-refractivity contribution is 7.18. The summed E-state index contributed by atoms with van der Waals surface area (Å²) in [6, 6.07) is 15.6. The Balaban J connectivity index is 1.70. The van der Waals surface area contributed by atoms with E-state index >= 15 is 0 Å². The lowest BCUT2D eigenvalue weighted by molar-refractivity contribution is 0.145. The van der Waals surface area contributed by atoms with E-state index in [-0.39, 0.29) is 0 Å². The van der Waals surface area contributed by atoms with Crippen molar-refractivity contribution in [2.75, 3.05) is 5.06 Å². The van der Waals surface area contributed by atoms with Gasteiger partial charge in [-0.05, 0) is 18.2 Å². The number of benzene rings is 2. The molecule has 2 aromatic carbocycles. The number of hydrogen-bond acceptors (Lipinski definition) is 5. The summed E-state index contributed by atoms with van der Waals surface area (Å²) >= 11 is 7.49. The van der Waals surface area contributed by atoms with Crippen molar-refractivity contribution in [3.05, 3.63) is 59.1 Å². The normalized spacial score (nSPS) is 13.5.